The molecule has 0 nitrogen and oxygen atoms in total. The Balaban J connectivity index is 2.21. The van der Waals surface area contributed by atoms with Gasteiger partial charge < -0.3 is 0 Å². The van der Waals surface area contributed by atoms with E-state index in [0.717, 1.165) is 7.65 Å². The molecule has 0 radical (unpaired) electrons. The highest BCUT2D eigenvalue weighted by Gasteiger charge is 2.13. The Kier molecular flexibility index (Phi) is 7.08. The van der Waals surface area contributed by atoms with Crippen LogP contribution >= 0.6 is 111 Å². The van der Waals surface area contributed by atoms with E-state index in [9.17, 15) is 0 Å². The topological polar surface area (TPSA) is 0 Å². The maximum absolute atomic E-state index is 5.38. The summed E-state index contributed by atoms with van der Waals surface area (Å²) in [6.45, 7) is 0. The maximum Gasteiger partial charge on any atom is 0.117 e. The largest absolute Gasteiger partial charge is 0.117 e. The van der Waals surface area contributed by atoms with Crippen LogP contribution in [-0.4, -0.2) is 12.5 Å². The molecule has 0 atom stereocenters. The van der Waals surface area contributed by atoms with Gasteiger partial charge in [-0.2, -0.15) is 0 Å². The first kappa shape index (κ1) is 16.3. The summed E-state index contributed by atoms with van der Waals surface area (Å²) in [5, 5.41) is 0. The molecule has 0 N–H and O–H groups in total. The molecule has 0 spiro atoms. The van der Waals surface area contributed by atoms with E-state index in [0.29, 0.717) is 0 Å². The molecule has 0 amide bonds. The quantitative estimate of drug-likeness (QED) is 0.274. The lowest BCUT2D eigenvalue weighted by Crippen LogP contribution is -1.69. The van der Waals surface area contributed by atoms with Crippen LogP contribution in [0.4, 0.5) is 0 Å². The highest BCUT2D eigenvalue weighted by Crippen LogP contribution is 2.50. The Morgan fingerprint density at radius 2 is 1.11 bits per heavy atom. The SMILES string of the molecule is CSc1ssc(=S)c1SSc1c(SC)ssc1=S. The van der Waals surface area contributed by atoms with Crippen molar-refractivity contribution in [3.8, 4) is 0 Å². The molecule has 10 heteroatoms. The van der Waals surface area contributed by atoms with Crippen molar-refractivity contribution >= 4 is 111 Å². The molecule has 0 aliphatic heterocycles. The zero-order valence-corrected chi connectivity index (χ0v) is 17.2. The van der Waals surface area contributed by atoms with Crippen molar-refractivity contribution < 1.29 is 0 Å². The van der Waals surface area contributed by atoms with Gasteiger partial charge in [0.2, 0.25) is 0 Å². The van der Waals surface area contributed by atoms with Gasteiger partial charge in [-0.25, -0.2) is 0 Å². The van der Waals surface area contributed by atoms with E-state index in [2.05, 4.69) is 12.5 Å². The highest BCUT2D eigenvalue weighted by atomic mass is 33.1. The summed E-state index contributed by atoms with van der Waals surface area (Å²) < 4.78 is 4.63. The average molecular weight is 423 g/mol. The molecule has 18 heavy (non-hydrogen) atoms. The average Bonchev–Trinajstić information content (AvgIpc) is 2.90. The van der Waals surface area contributed by atoms with Gasteiger partial charge in [0.15, 0.2) is 0 Å². The van der Waals surface area contributed by atoms with Crippen molar-refractivity contribution in [1.82, 2.24) is 0 Å². The van der Waals surface area contributed by atoms with Crippen LogP contribution in [0, 0.1) is 7.65 Å². The Hall–Kier alpha value is 1.94. The molecule has 0 aliphatic rings. The van der Waals surface area contributed by atoms with Gasteiger partial charge in [-0.15, -0.1) is 23.5 Å². The van der Waals surface area contributed by atoms with Gasteiger partial charge in [0.05, 0.1) is 18.2 Å². The molecule has 2 aromatic heterocycles. The second kappa shape index (κ2) is 7.81. The first-order chi connectivity index (χ1) is 8.67. The van der Waals surface area contributed by atoms with Gasteiger partial charge in [0.1, 0.15) is 7.65 Å². The van der Waals surface area contributed by atoms with Crippen LogP contribution in [0.5, 0.6) is 0 Å². The van der Waals surface area contributed by atoms with E-state index in [-0.39, 0.29) is 0 Å². The van der Waals surface area contributed by atoms with Gasteiger partial charge >= 0.3 is 0 Å². The van der Waals surface area contributed by atoms with Gasteiger partial charge in [-0.05, 0) is 34.1 Å². The van der Waals surface area contributed by atoms with E-state index in [1.807, 2.05) is 0 Å². The fourth-order valence-electron chi connectivity index (χ4n) is 0.942. The molecule has 2 aromatic rings. The Labute approximate surface area is 147 Å². The highest BCUT2D eigenvalue weighted by molar-refractivity contribution is 8.76. The van der Waals surface area contributed by atoms with Crippen LogP contribution in [0.15, 0.2) is 18.2 Å². The molecule has 2 rings (SSSR count). The third kappa shape index (κ3) is 3.77. The zero-order valence-electron chi connectivity index (χ0n) is 9.08. The normalized spacial score (nSPS) is 11.0. The van der Waals surface area contributed by atoms with Crippen molar-refractivity contribution in [2.24, 2.45) is 0 Å². The van der Waals surface area contributed by atoms with Crippen molar-refractivity contribution in [3.63, 3.8) is 0 Å². The molecule has 0 aromatic carbocycles. The van der Waals surface area contributed by atoms with Gasteiger partial charge in [-0.3, -0.25) is 0 Å². The second-order valence-electron chi connectivity index (χ2n) is 2.72. The van der Waals surface area contributed by atoms with Gasteiger partial charge in [0.25, 0.3) is 0 Å². The molecular formula is C8H6S10. The minimum absolute atomic E-state index is 0.998. The van der Waals surface area contributed by atoms with Gasteiger partial charge in [0, 0.05) is 0 Å². The Morgan fingerprint density at radius 1 is 0.722 bits per heavy atom. The first-order valence-electron chi connectivity index (χ1n) is 4.36. The molecule has 0 saturated carbocycles. The van der Waals surface area contributed by atoms with Crippen LogP contribution in [-0.2, 0) is 0 Å². The van der Waals surface area contributed by atoms with Crippen molar-refractivity contribution in [1.29, 1.82) is 0 Å². The third-order valence-corrected chi connectivity index (χ3v) is 14.1. The Morgan fingerprint density at radius 3 is 1.44 bits per heavy atom. The molecular weight excluding hydrogens is 417 g/mol. The minimum atomic E-state index is 0.998. The first-order valence-corrected chi connectivity index (χ1v) is 14.1. The van der Waals surface area contributed by atoms with Crippen molar-refractivity contribution in [2.75, 3.05) is 12.5 Å². The summed E-state index contributed by atoms with van der Waals surface area (Å²) in [5.74, 6) is 0. The monoisotopic (exact) mass is 422 g/mol. The van der Waals surface area contributed by atoms with Crippen molar-refractivity contribution in [3.05, 3.63) is 7.65 Å². The lowest BCUT2D eigenvalue weighted by atomic mass is 10.8. The van der Waals surface area contributed by atoms with Crippen LogP contribution in [0.25, 0.3) is 0 Å². The standard InChI is InChI=1S/C8H6S10/c1-11-7-3(5(9)15-17-7)13-14-4-6(10)16-18-8(4)12-2/h1-2H3. The van der Waals surface area contributed by atoms with Gasteiger partial charge in [-0.1, -0.05) is 65.8 Å². The third-order valence-electron chi connectivity index (χ3n) is 1.71. The molecule has 0 aliphatic carbocycles. The Bertz CT molecular complexity index is 569. The van der Waals surface area contributed by atoms with E-state index >= 15 is 0 Å². The lowest BCUT2D eigenvalue weighted by molar-refractivity contribution is 1.40. The summed E-state index contributed by atoms with van der Waals surface area (Å²) in [4.78, 5) is 2.46. The van der Waals surface area contributed by atoms with Crippen LogP contribution in [0.1, 0.15) is 0 Å². The lowest BCUT2D eigenvalue weighted by Gasteiger charge is -2.00. The van der Waals surface area contributed by atoms with Crippen molar-refractivity contribution in [2.45, 2.75) is 18.2 Å². The second-order valence-corrected chi connectivity index (χ2v) is 12.6. The molecule has 98 valence electrons. The van der Waals surface area contributed by atoms with E-state index in [1.54, 1.807) is 86.5 Å². The minimum Gasteiger partial charge on any atom is -0.117 e. The summed E-state index contributed by atoms with van der Waals surface area (Å²) in [7, 11) is 10.4. The summed E-state index contributed by atoms with van der Waals surface area (Å²) in [5.41, 5.74) is 0. The molecule has 0 fully saturated rings. The van der Waals surface area contributed by atoms with E-state index in [4.69, 9.17) is 24.4 Å². The number of hydrogen-bond acceptors (Lipinski definition) is 10. The number of thioether (sulfide) groups is 2. The zero-order chi connectivity index (χ0) is 13.1. The number of hydrogen-bond donors (Lipinski definition) is 0. The van der Waals surface area contributed by atoms with E-state index < -0.39 is 0 Å². The predicted molar refractivity (Wildman–Crippen MR) is 101 cm³/mol. The molecule has 0 unspecified atom stereocenters. The smallest absolute Gasteiger partial charge is 0.117 e. The fourth-order valence-corrected chi connectivity index (χ4v) is 14.0. The predicted octanol–water partition coefficient (Wildman–Crippen LogP) is 7.63. The molecule has 0 saturated heterocycles. The van der Waals surface area contributed by atoms with E-state index in [1.165, 1.54) is 18.2 Å². The van der Waals surface area contributed by atoms with Crippen LogP contribution in [0.2, 0.25) is 0 Å². The van der Waals surface area contributed by atoms with Crippen LogP contribution in [0.3, 0.4) is 0 Å². The molecule has 2 heterocycles. The van der Waals surface area contributed by atoms with Crippen LogP contribution < -0.4 is 0 Å². The summed E-state index contributed by atoms with van der Waals surface area (Å²) in [6.07, 6.45) is 4.20. The summed E-state index contributed by atoms with van der Waals surface area (Å²) in [6, 6.07) is 0. The fraction of sp³-hybridized carbons (Fsp3) is 0.250. The molecule has 0 bridgehead atoms. The maximum atomic E-state index is 5.38. The summed E-state index contributed by atoms with van der Waals surface area (Å²) >= 11 is 14.3. The number of rotatable bonds is 5.